The molecule has 0 radical (unpaired) electrons. The maximum absolute atomic E-state index is 13.4. The highest BCUT2D eigenvalue weighted by Gasteiger charge is 2.39. The molecule has 1 aliphatic carbocycles. The zero-order valence-corrected chi connectivity index (χ0v) is 19.6. The van der Waals surface area contributed by atoms with Gasteiger partial charge in [-0.15, -0.1) is 0 Å². The molecule has 184 valence electrons. The van der Waals surface area contributed by atoms with Crippen LogP contribution in [0, 0.1) is 17.8 Å². The minimum absolute atomic E-state index is 0.00560. The van der Waals surface area contributed by atoms with E-state index in [4.69, 9.17) is 0 Å². The second-order valence-electron chi connectivity index (χ2n) is 9.57. The molecular weight excluding hydrogens is 429 g/mol. The van der Waals surface area contributed by atoms with Gasteiger partial charge in [0, 0.05) is 37.3 Å². The van der Waals surface area contributed by atoms with Crippen LogP contribution in [0.15, 0.2) is 42.5 Å². The predicted octanol–water partition coefficient (Wildman–Crippen LogP) is 5.05. The summed E-state index contributed by atoms with van der Waals surface area (Å²) in [6, 6.07) is 4.24. The molecule has 1 aromatic rings. The van der Waals surface area contributed by atoms with Crippen molar-refractivity contribution in [1.29, 1.82) is 0 Å². The number of benzene rings is 1. The van der Waals surface area contributed by atoms with Crippen LogP contribution >= 0.6 is 0 Å². The molecule has 0 aromatic heterocycles. The normalized spacial score (nSPS) is 25.7. The van der Waals surface area contributed by atoms with Crippen LogP contribution in [0.3, 0.4) is 0 Å². The summed E-state index contributed by atoms with van der Waals surface area (Å²) in [5.41, 5.74) is 0.964. The van der Waals surface area contributed by atoms with E-state index >= 15 is 0 Å². The Morgan fingerprint density at radius 2 is 1.88 bits per heavy atom. The van der Waals surface area contributed by atoms with Gasteiger partial charge in [-0.25, -0.2) is 0 Å². The van der Waals surface area contributed by atoms with Gasteiger partial charge in [0.2, 0.25) is 0 Å². The lowest BCUT2D eigenvalue weighted by Crippen LogP contribution is -2.42. The topological polar surface area (TPSA) is 55.7 Å². The maximum atomic E-state index is 13.4. The summed E-state index contributed by atoms with van der Waals surface area (Å²) in [4.78, 5) is 2.06. The van der Waals surface area contributed by atoms with Gasteiger partial charge in [0.1, 0.15) is 0 Å². The van der Waals surface area contributed by atoms with E-state index in [9.17, 15) is 23.4 Å². The van der Waals surface area contributed by atoms with Crippen molar-refractivity contribution < 1.29 is 23.4 Å². The van der Waals surface area contributed by atoms with Crippen molar-refractivity contribution in [3.63, 3.8) is 0 Å². The molecule has 33 heavy (non-hydrogen) atoms. The Hall–Kier alpha value is -1.83. The molecule has 0 bridgehead atoms. The Bertz CT molecular complexity index is 818. The minimum Gasteiger partial charge on any atom is -0.395 e. The van der Waals surface area contributed by atoms with Crippen LogP contribution in [0.1, 0.15) is 50.2 Å². The fraction of sp³-hybridized carbons (Fsp3) is 0.615. The van der Waals surface area contributed by atoms with Gasteiger partial charge >= 0.3 is 6.18 Å². The zero-order valence-electron chi connectivity index (χ0n) is 19.6. The average molecular weight is 467 g/mol. The number of rotatable bonds is 10. The van der Waals surface area contributed by atoms with E-state index in [1.807, 2.05) is 6.08 Å². The van der Waals surface area contributed by atoms with Gasteiger partial charge < -0.3 is 15.5 Å². The van der Waals surface area contributed by atoms with Crippen LogP contribution in [-0.4, -0.2) is 54.0 Å². The zero-order chi connectivity index (χ0) is 24.0. The van der Waals surface area contributed by atoms with Gasteiger partial charge in [0.25, 0.3) is 0 Å². The highest BCUT2D eigenvalue weighted by atomic mass is 19.4. The number of fused-ring (bicyclic) bond motifs is 1. The molecule has 4 nitrogen and oxygen atoms in total. The molecule has 0 spiro atoms. The smallest absolute Gasteiger partial charge is 0.395 e. The van der Waals surface area contributed by atoms with Crippen molar-refractivity contribution in [2.75, 3.05) is 38.2 Å². The SMILES string of the molecule is C[C@H](CC[C@@H]1[C@H](C)c2cc(C(F)(F)F)ccc2N[C@H]1C1C=CC=CC1)CN(CCO)CCO. The van der Waals surface area contributed by atoms with Gasteiger partial charge in [-0.05, 0) is 60.8 Å². The molecule has 1 heterocycles. The second kappa shape index (κ2) is 11.5. The van der Waals surface area contributed by atoms with E-state index in [0.717, 1.165) is 37.1 Å². The maximum Gasteiger partial charge on any atom is 0.416 e. The molecule has 2 aliphatic rings. The van der Waals surface area contributed by atoms with Crippen LogP contribution in [0.5, 0.6) is 0 Å². The second-order valence-corrected chi connectivity index (χ2v) is 9.57. The lowest BCUT2D eigenvalue weighted by molar-refractivity contribution is -0.137. The summed E-state index contributed by atoms with van der Waals surface area (Å²) in [5, 5.41) is 22.1. The summed E-state index contributed by atoms with van der Waals surface area (Å²) < 4.78 is 40.1. The lowest BCUT2D eigenvalue weighted by atomic mass is 9.70. The number of hydrogen-bond donors (Lipinski definition) is 3. The Kier molecular flexibility index (Phi) is 9.02. The lowest BCUT2D eigenvalue weighted by Gasteiger charge is -2.43. The van der Waals surface area contributed by atoms with Crippen LogP contribution in [0.25, 0.3) is 0 Å². The molecule has 0 saturated heterocycles. The standard InChI is InChI=1S/C26H37F3N2O2/c1-18(17-31(12-14-32)13-15-33)8-10-22-19(2)23-16-21(26(27,28)29)9-11-24(23)30-25(22)20-6-4-3-5-7-20/h3-6,9,11,16,18-20,22,25,30,32-33H,7-8,10,12-15,17H2,1-2H3/t18-,19+,20?,22-,25+/m1/s1. The van der Waals surface area contributed by atoms with Gasteiger partial charge in [-0.2, -0.15) is 13.2 Å². The molecule has 0 fully saturated rings. The number of aliphatic hydroxyl groups excluding tert-OH is 2. The molecule has 7 heteroatoms. The van der Waals surface area contributed by atoms with Crippen LogP contribution in [0.4, 0.5) is 18.9 Å². The molecule has 5 atom stereocenters. The van der Waals surface area contributed by atoms with E-state index < -0.39 is 11.7 Å². The highest BCUT2D eigenvalue weighted by molar-refractivity contribution is 5.58. The minimum atomic E-state index is -4.35. The Morgan fingerprint density at radius 1 is 1.15 bits per heavy atom. The number of anilines is 1. The van der Waals surface area contributed by atoms with Crippen LogP contribution in [-0.2, 0) is 6.18 Å². The van der Waals surface area contributed by atoms with Crippen molar-refractivity contribution in [3.05, 3.63) is 53.6 Å². The van der Waals surface area contributed by atoms with Crippen molar-refractivity contribution in [1.82, 2.24) is 4.90 Å². The Morgan fingerprint density at radius 3 is 2.48 bits per heavy atom. The summed E-state index contributed by atoms with van der Waals surface area (Å²) in [7, 11) is 0. The number of halogens is 3. The summed E-state index contributed by atoms with van der Waals surface area (Å²) in [5.74, 6) is 0.855. The number of nitrogens with zero attached hydrogens (tertiary/aromatic N) is 1. The van der Waals surface area contributed by atoms with Gasteiger partial charge in [-0.3, -0.25) is 4.90 Å². The average Bonchev–Trinajstić information content (AvgIpc) is 2.78. The number of alkyl halides is 3. The van der Waals surface area contributed by atoms with Crippen molar-refractivity contribution in [2.45, 2.75) is 51.2 Å². The molecule has 0 amide bonds. The third kappa shape index (κ3) is 6.61. The molecule has 1 aromatic carbocycles. The first-order valence-electron chi connectivity index (χ1n) is 12.0. The number of hydrogen-bond acceptors (Lipinski definition) is 4. The first-order valence-corrected chi connectivity index (χ1v) is 12.0. The Balaban J connectivity index is 1.79. The van der Waals surface area contributed by atoms with Gasteiger partial charge in [0.15, 0.2) is 0 Å². The van der Waals surface area contributed by atoms with Crippen LogP contribution < -0.4 is 5.32 Å². The number of allylic oxidation sites excluding steroid dienone is 3. The molecule has 1 unspecified atom stereocenters. The monoisotopic (exact) mass is 466 g/mol. The fourth-order valence-electron chi connectivity index (χ4n) is 5.38. The van der Waals surface area contributed by atoms with Gasteiger partial charge in [0.05, 0.1) is 18.8 Å². The van der Waals surface area contributed by atoms with E-state index in [1.165, 1.54) is 12.1 Å². The Labute approximate surface area is 195 Å². The fourth-order valence-corrected chi connectivity index (χ4v) is 5.38. The van der Waals surface area contributed by atoms with E-state index in [-0.39, 0.29) is 31.1 Å². The van der Waals surface area contributed by atoms with E-state index in [1.54, 1.807) is 6.07 Å². The van der Waals surface area contributed by atoms with E-state index in [0.29, 0.717) is 24.9 Å². The molecular formula is C26H37F3N2O2. The first kappa shape index (κ1) is 25.8. The predicted molar refractivity (Wildman–Crippen MR) is 126 cm³/mol. The summed E-state index contributed by atoms with van der Waals surface area (Å²) >= 11 is 0. The highest BCUT2D eigenvalue weighted by Crippen LogP contribution is 2.45. The third-order valence-corrected chi connectivity index (χ3v) is 7.17. The third-order valence-electron chi connectivity index (χ3n) is 7.17. The largest absolute Gasteiger partial charge is 0.416 e. The van der Waals surface area contributed by atoms with Crippen molar-refractivity contribution in [2.24, 2.45) is 17.8 Å². The van der Waals surface area contributed by atoms with Crippen LogP contribution in [0.2, 0.25) is 0 Å². The molecule has 0 saturated carbocycles. The molecule has 1 aliphatic heterocycles. The number of nitrogens with one attached hydrogen (secondary N) is 1. The van der Waals surface area contributed by atoms with Crippen molar-refractivity contribution in [3.8, 4) is 0 Å². The molecule has 3 rings (SSSR count). The molecule has 3 N–H and O–H groups in total. The first-order chi connectivity index (χ1) is 15.7. The number of aliphatic hydroxyl groups is 2. The van der Waals surface area contributed by atoms with E-state index in [2.05, 4.69) is 42.3 Å². The van der Waals surface area contributed by atoms with Crippen molar-refractivity contribution >= 4 is 5.69 Å². The quantitative estimate of drug-likeness (QED) is 0.452. The summed E-state index contributed by atoms with van der Waals surface area (Å²) in [6.07, 6.45) is 6.86. The summed E-state index contributed by atoms with van der Waals surface area (Å²) in [6.45, 7) is 6.17. The van der Waals surface area contributed by atoms with Gasteiger partial charge in [-0.1, -0.05) is 38.2 Å².